The molecule has 104 valence electrons. The summed E-state index contributed by atoms with van der Waals surface area (Å²) in [6.45, 7) is 2.06. The first-order chi connectivity index (χ1) is 9.61. The lowest BCUT2D eigenvalue weighted by atomic mass is 10.0. The van der Waals surface area contributed by atoms with E-state index >= 15 is 0 Å². The van der Waals surface area contributed by atoms with Crippen LogP contribution in [0.2, 0.25) is 0 Å². The SMILES string of the molecule is CCOC(=O)c1cc(Cc2ccccc2C(=O)O)c[nH]1. The molecule has 0 aliphatic carbocycles. The van der Waals surface area contributed by atoms with E-state index in [4.69, 9.17) is 9.84 Å². The summed E-state index contributed by atoms with van der Waals surface area (Å²) in [5, 5.41) is 9.13. The van der Waals surface area contributed by atoms with Gasteiger partial charge in [-0.05, 0) is 36.6 Å². The van der Waals surface area contributed by atoms with Crippen LogP contribution in [0.3, 0.4) is 0 Å². The van der Waals surface area contributed by atoms with Crippen LogP contribution in [0, 0.1) is 0 Å². The van der Waals surface area contributed by atoms with Gasteiger partial charge in [-0.3, -0.25) is 0 Å². The molecule has 0 amide bonds. The molecule has 0 bridgehead atoms. The van der Waals surface area contributed by atoms with Gasteiger partial charge in [0.1, 0.15) is 5.69 Å². The smallest absolute Gasteiger partial charge is 0.354 e. The Labute approximate surface area is 116 Å². The molecule has 0 fully saturated rings. The Morgan fingerprint density at radius 1 is 1.30 bits per heavy atom. The van der Waals surface area contributed by atoms with Crippen molar-refractivity contribution in [2.75, 3.05) is 6.61 Å². The quantitative estimate of drug-likeness (QED) is 0.820. The standard InChI is InChI=1S/C15H15NO4/c1-2-20-15(19)13-8-10(9-16-13)7-11-5-3-4-6-12(11)14(17)18/h3-6,8-9,16H,2,7H2,1H3,(H,17,18). The van der Waals surface area contributed by atoms with Gasteiger partial charge in [-0.2, -0.15) is 0 Å². The molecule has 0 saturated heterocycles. The number of ether oxygens (including phenoxy) is 1. The van der Waals surface area contributed by atoms with Crippen molar-refractivity contribution in [2.24, 2.45) is 0 Å². The van der Waals surface area contributed by atoms with Crippen LogP contribution in [-0.4, -0.2) is 28.6 Å². The maximum absolute atomic E-state index is 11.5. The molecule has 20 heavy (non-hydrogen) atoms. The number of esters is 1. The van der Waals surface area contributed by atoms with Gasteiger partial charge in [-0.25, -0.2) is 9.59 Å². The van der Waals surface area contributed by atoms with Crippen molar-refractivity contribution in [2.45, 2.75) is 13.3 Å². The van der Waals surface area contributed by atoms with Gasteiger partial charge in [0.2, 0.25) is 0 Å². The molecule has 2 N–H and O–H groups in total. The molecule has 0 aliphatic heterocycles. The highest BCUT2D eigenvalue weighted by Gasteiger charge is 2.12. The molecule has 2 rings (SSSR count). The summed E-state index contributed by atoms with van der Waals surface area (Å²) in [5.74, 6) is -1.37. The summed E-state index contributed by atoms with van der Waals surface area (Å²) in [6, 6.07) is 8.49. The minimum atomic E-state index is -0.957. The van der Waals surface area contributed by atoms with Gasteiger partial charge in [0.05, 0.1) is 12.2 Å². The Bertz CT molecular complexity index is 630. The van der Waals surface area contributed by atoms with E-state index < -0.39 is 11.9 Å². The number of hydrogen-bond donors (Lipinski definition) is 2. The van der Waals surface area contributed by atoms with Crippen LogP contribution in [-0.2, 0) is 11.2 Å². The van der Waals surface area contributed by atoms with E-state index in [-0.39, 0.29) is 5.56 Å². The number of carbonyl (C=O) groups is 2. The zero-order valence-corrected chi connectivity index (χ0v) is 11.1. The average Bonchev–Trinajstić information content (AvgIpc) is 2.88. The number of hydrogen-bond acceptors (Lipinski definition) is 3. The van der Waals surface area contributed by atoms with E-state index in [0.717, 1.165) is 5.56 Å². The van der Waals surface area contributed by atoms with Crippen molar-refractivity contribution < 1.29 is 19.4 Å². The molecule has 1 aromatic heterocycles. The van der Waals surface area contributed by atoms with Crippen LogP contribution >= 0.6 is 0 Å². The zero-order valence-electron chi connectivity index (χ0n) is 11.1. The van der Waals surface area contributed by atoms with E-state index in [0.29, 0.717) is 24.3 Å². The highest BCUT2D eigenvalue weighted by Crippen LogP contribution is 2.15. The van der Waals surface area contributed by atoms with Gasteiger partial charge in [0, 0.05) is 6.20 Å². The highest BCUT2D eigenvalue weighted by molar-refractivity contribution is 5.89. The second-order valence-electron chi connectivity index (χ2n) is 4.28. The Kier molecular flexibility index (Phi) is 4.20. The third kappa shape index (κ3) is 3.06. The molecule has 0 saturated carbocycles. The van der Waals surface area contributed by atoms with E-state index in [1.54, 1.807) is 43.5 Å². The number of carboxylic acid groups (broad SMARTS) is 1. The predicted octanol–water partition coefficient (Wildman–Crippen LogP) is 2.48. The number of aromatic nitrogens is 1. The van der Waals surface area contributed by atoms with E-state index in [9.17, 15) is 9.59 Å². The van der Waals surface area contributed by atoms with Gasteiger partial charge < -0.3 is 14.8 Å². The summed E-state index contributed by atoms with van der Waals surface area (Å²) in [7, 11) is 0. The maximum Gasteiger partial charge on any atom is 0.354 e. The first kappa shape index (κ1) is 13.9. The summed E-state index contributed by atoms with van der Waals surface area (Å²) < 4.78 is 4.89. The lowest BCUT2D eigenvalue weighted by molar-refractivity contribution is 0.0519. The van der Waals surface area contributed by atoms with Crippen LogP contribution in [0.4, 0.5) is 0 Å². The molecule has 0 unspecified atom stereocenters. The molecule has 0 spiro atoms. The molecule has 2 aromatic rings. The normalized spacial score (nSPS) is 10.2. The van der Waals surface area contributed by atoms with Crippen LogP contribution in [0.5, 0.6) is 0 Å². The van der Waals surface area contributed by atoms with Gasteiger partial charge in [0.25, 0.3) is 0 Å². The Morgan fingerprint density at radius 2 is 2.05 bits per heavy atom. The molecule has 0 radical (unpaired) electrons. The van der Waals surface area contributed by atoms with Crippen molar-refractivity contribution in [3.8, 4) is 0 Å². The largest absolute Gasteiger partial charge is 0.478 e. The molecule has 5 heteroatoms. The topological polar surface area (TPSA) is 79.4 Å². The molecule has 1 aromatic carbocycles. The monoisotopic (exact) mass is 273 g/mol. The van der Waals surface area contributed by atoms with Gasteiger partial charge in [0.15, 0.2) is 0 Å². The predicted molar refractivity (Wildman–Crippen MR) is 73.0 cm³/mol. The second-order valence-corrected chi connectivity index (χ2v) is 4.28. The Balaban J connectivity index is 2.19. The fourth-order valence-corrected chi connectivity index (χ4v) is 1.97. The molecule has 1 heterocycles. The molecule has 0 aliphatic rings. The van der Waals surface area contributed by atoms with Crippen molar-refractivity contribution in [3.05, 3.63) is 58.9 Å². The van der Waals surface area contributed by atoms with E-state index in [1.165, 1.54) is 0 Å². The third-order valence-electron chi connectivity index (χ3n) is 2.88. The lowest BCUT2D eigenvalue weighted by Gasteiger charge is -2.03. The highest BCUT2D eigenvalue weighted by atomic mass is 16.5. The number of aromatic carboxylic acids is 1. The number of nitrogens with one attached hydrogen (secondary N) is 1. The molecular formula is C15H15NO4. The van der Waals surface area contributed by atoms with Crippen LogP contribution < -0.4 is 0 Å². The van der Waals surface area contributed by atoms with Crippen molar-refractivity contribution in [1.29, 1.82) is 0 Å². The number of aromatic amines is 1. The van der Waals surface area contributed by atoms with Crippen molar-refractivity contribution in [3.63, 3.8) is 0 Å². The number of carboxylic acids is 1. The number of carbonyl (C=O) groups excluding carboxylic acids is 1. The second kappa shape index (κ2) is 6.06. The van der Waals surface area contributed by atoms with Crippen LogP contribution in [0.25, 0.3) is 0 Å². The first-order valence-corrected chi connectivity index (χ1v) is 6.27. The van der Waals surface area contributed by atoms with E-state index in [2.05, 4.69) is 4.98 Å². The van der Waals surface area contributed by atoms with Crippen LogP contribution in [0.1, 0.15) is 38.9 Å². The lowest BCUT2D eigenvalue weighted by Crippen LogP contribution is -2.04. The van der Waals surface area contributed by atoms with Crippen molar-refractivity contribution in [1.82, 2.24) is 4.98 Å². The van der Waals surface area contributed by atoms with Crippen molar-refractivity contribution >= 4 is 11.9 Å². The van der Waals surface area contributed by atoms with Gasteiger partial charge in [-0.15, -0.1) is 0 Å². The number of H-pyrrole nitrogens is 1. The minimum Gasteiger partial charge on any atom is -0.478 e. The fraction of sp³-hybridized carbons (Fsp3) is 0.200. The third-order valence-corrected chi connectivity index (χ3v) is 2.88. The average molecular weight is 273 g/mol. The Hall–Kier alpha value is -2.56. The Morgan fingerprint density at radius 3 is 2.75 bits per heavy atom. The summed E-state index contributed by atoms with van der Waals surface area (Å²) >= 11 is 0. The maximum atomic E-state index is 11.5. The minimum absolute atomic E-state index is 0.270. The van der Waals surface area contributed by atoms with E-state index in [1.807, 2.05) is 0 Å². The molecule has 5 nitrogen and oxygen atoms in total. The zero-order chi connectivity index (χ0) is 14.5. The van der Waals surface area contributed by atoms with Gasteiger partial charge >= 0.3 is 11.9 Å². The van der Waals surface area contributed by atoms with Crippen LogP contribution in [0.15, 0.2) is 36.5 Å². The number of rotatable bonds is 5. The molecule has 0 atom stereocenters. The number of benzene rings is 1. The fourth-order valence-electron chi connectivity index (χ4n) is 1.97. The first-order valence-electron chi connectivity index (χ1n) is 6.27. The summed E-state index contributed by atoms with van der Waals surface area (Å²) in [4.78, 5) is 25.5. The molecular weight excluding hydrogens is 258 g/mol. The summed E-state index contributed by atoms with van der Waals surface area (Å²) in [6.07, 6.45) is 2.13. The van der Waals surface area contributed by atoms with Gasteiger partial charge in [-0.1, -0.05) is 18.2 Å². The summed E-state index contributed by atoms with van der Waals surface area (Å²) in [5.41, 5.74) is 2.18.